The van der Waals surface area contributed by atoms with Crippen LogP contribution in [0, 0.1) is 13.8 Å². The van der Waals surface area contributed by atoms with Crippen LogP contribution in [0.3, 0.4) is 0 Å². The van der Waals surface area contributed by atoms with Crippen LogP contribution in [0.15, 0.2) is 57.8 Å². The van der Waals surface area contributed by atoms with Gasteiger partial charge in [0.1, 0.15) is 17.2 Å². The van der Waals surface area contributed by atoms with Crippen LogP contribution in [-0.2, 0) is 6.54 Å². The Morgan fingerprint density at radius 3 is 2.48 bits per heavy atom. The molecule has 0 bridgehead atoms. The Balaban J connectivity index is 1.49. The zero-order chi connectivity index (χ0) is 21.5. The maximum absolute atomic E-state index is 13.0. The molecule has 0 unspecified atom stereocenters. The number of fused-ring (bicyclic) bond motifs is 1. The molecular formula is C22H17BrN6OS. The Bertz CT molecular complexity index is 1450. The first-order chi connectivity index (χ1) is 15.0. The number of rotatable bonds is 4. The largest absolute Gasteiger partial charge is 0.308 e. The highest BCUT2D eigenvalue weighted by Gasteiger charge is 2.17. The highest BCUT2D eigenvalue weighted by atomic mass is 79.9. The van der Waals surface area contributed by atoms with Gasteiger partial charge in [-0.25, -0.2) is 4.98 Å². The summed E-state index contributed by atoms with van der Waals surface area (Å²) >= 11 is 4.93. The van der Waals surface area contributed by atoms with E-state index < -0.39 is 0 Å². The number of tetrazole rings is 1. The van der Waals surface area contributed by atoms with E-state index in [1.807, 2.05) is 62.4 Å². The zero-order valence-corrected chi connectivity index (χ0v) is 19.2. The van der Waals surface area contributed by atoms with Gasteiger partial charge in [-0.05, 0) is 48.9 Å². The van der Waals surface area contributed by atoms with Gasteiger partial charge in [0.15, 0.2) is 0 Å². The fourth-order valence-corrected chi connectivity index (χ4v) is 4.79. The molecular weight excluding hydrogens is 476 g/mol. The lowest BCUT2D eigenvalue weighted by atomic mass is 10.0. The van der Waals surface area contributed by atoms with Gasteiger partial charge in [-0.2, -0.15) is 4.80 Å². The smallest absolute Gasteiger partial charge is 0.260 e. The predicted molar refractivity (Wildman–Crippen MR) is 125 cm³/mol. The lowest BCUT2D eigenvalue weighted by molar-refractivity contribution is 0.555. The molecule has 154 valence electrons. The predicted octanol–water partition coefficient (Wildman–Crippen LogP) is 4.73. The minimum absolute atomic E-state index is 0.159. The molecule has 31 heavy (non-hydrogen) atoms. The standard InChI is InChI=1S/C22H17BrN6OS/c1-12-3-5-14(6-4-12)18-13(2)31-22-19(18)21(30)24-17(25-22)11-29-27-20(26-28-29)15-7-9-16(23)10-8-15/h3-10H,11H2,1-2H3,(H,24,25,30). The lowest BCUT2D eigenvalue weighted by Gasteiger charge is -2.03. The molecule has 3 heterocycles. The van der Waals surface area contributed by atoms with Crippen LogP contribution in [0.4, 0.5) is 0 Å². The van der Waals surface area contributed by atoms with Crippen LogP contribution in [0.5, 0.6) is 0 Å². The summed E-state index contributed by atoms with van der Waals surface area (Å²) in [5.74, 6) is 1.01. The van der Waals surface area contributed by atoms with Crippen LogP contribution in [0.25, 0.3) is 32.7 Å². The van der Waals surface area contributed by atoms with Crippen molar-refractivity contribution >= 4 is 37.5 Å². The number of H-pyrrole nitrogens is 1. The van der Waals surface area contributed by atoms with Crippen molar-refractivity contribution in [1.82, 2.24) is 30.2 Å². The van der Waals surface area contributed by atoms with E-state index in [9.17, 15) is 4.79 Å². The molecule has 5 rings (SSSR count). The van der Waals surface area contributed by atoms with Crippen LogP contribution in [-0.4, -0.2) is 30.2 Å². The average Bonchev–Trinajstić information content (AvgIpc) is 3.33. The summed E-state index contributed by atoms with van der Waals surface area (Å²) in [4.78, 5) is 23.7. The van der Waals surface area contributed by atoms with Gasteiger partial charge in [-0.15, -0.1) is 21.5 Å². The first kappa shape index (κ1) is 19.8. The molecule has 0 saturated heterocycles. The number of aryl methyl sites for hydroxylation is 2. The second-order valence-electron chi connectivity index (χ2n) is 7.24. The number of benzene rings is 2. The Morgan fingerprint density at radius 1 is 1.03 bits per heavy atom. The number of hydrogen-bond acceptors (Lipinski definition) is 6. The topological polar surface area (TPSA) is 89.3 Å². The number of nitrogens with zero attached hydrogens (tertiary/aromatic N) is 5. The molecule has 0 amide bonds. The van der Waals surface area contributed by atoms with Crippen LogP contribution in [0.1, 0.15) is 16.3 Å². The van der Waals surface area contributed by atoms with E-state index in [2.05, 4.69) is 41.3 Å². The van der Waals surface area contributed by atoms with Crippen molar-refractivity contribution in [3.8, 4) is 22.5 Å². The second kappa shape index (κ2) is 7.82. The summed E-state index contributed by atoms with van der Waals surface area (Å²) < 4.78 is 0.981. The molecule has 0 aliphatic rings. The molecule has 0 saturated carbocycles. The summed E-state index contributed by atoms with van der Waals surface area (Å²) in [6.45, 7) is 4.29. The molecule has 1 N–H and O–H groups in total. The zero-order valence-electron chi connectivity index (χ0n) is 16.8. The van der Waals surface area contributed by atoms with Crippen molar-refractivity contribution in [2.24, 2.45) is 0 Å². The van der Waals surface area contributed by atoms with Crippen LogP contribution < -0.4 is 5.56 Å². The van der Waals surface area contributed by atoms with Crippen molar-refractivity contribution < 1.29 is 0 Å². The minimum Gasteiger partial charge on any atom is -0.308 e. The van der Waals surface area contributed by atoms with Crippen molar-refractivity contribution in [2.75, 3.05) is 0 Å². The molecule has 0 atom stereocenters. The lowest BCUT2D eigenvalue weighted by Crippen LogP contribution is -2.15. The Kier molecular flexibility index (Phi) is 4.99. The molecule has 2 aromatic carbocycles. The molecule has 3 aromatic heterocycles. The van der Waals surface area contributed by atoms with E-state index >= 15 is 0 Å². The third-order valence-electron chi connectivity index (χ3n) is 4.97. The van der Waals surface area contributed by atoms with E-state index in [0.717, 1.165) is 26.0 Å². The highest BCUT2D eigenvalue weighted by molar-refractivity contribution is 9.10. The normalized spacial score (nSPS) is 11.3. The Morgan fingerprint density at radius 2 is 1.74 bits per heavy atom. The second-order valence-corrected chi connectivity index (χ2v) is 9.36. The summed E-state index contributed by atoms with van der Waals surface area (Å²) in [6.07, 6.45) is 0. The van der Waals surface area contributed by atoms with Gasteiger partial charge in [0.25, 0.3) is 5.56 Å². The number of thiophene rings is 1. The van der Waals surface area contributed by atoms with Gasteiger partial charge in [0, 0.05) is 20.5 Å². The monoisotopic (exact) mass is 492 g/mol. The van der Waals surface area contributed by atoms with Crippen LogP contribution >= 0.6 is 27.3 Å². The average molecular weight is 493 g/mol. The molecule has 0 aliphatic carbocycles. The highest BCUT2D eigenvalue weighted by Crippen LogP contribution is 2.35. The van der Waals surface area contributed by atoms with Gasteiger partial charge in [0.05, 0.1) is 5.39 Å². The van der Waals surface area contributed by atoms with Gasteiger partial charge in [0.2, 0.25) is 5.82 Å². The van der Waals surface area contributed by atoms with E-state index in [1.165, 1.54) is 21.7 Å². The van der Waals surface area contributed by atoms with Crippen molar-refractivity contribution in [1.29, 1.82) is 0 Å². The van der Waals surface area contributed by atoms with Crippen molar-refractivity contribution in [2.45, 2.75) is 20.4 Å². The molecule has 0 aliphatic heterocycles. The van der Waals surface area contributed by atoms with Gasteiger partial charge in [-0.1, -0.05) is 45.8 Å². The molecule has 0 spiro atoms. The fraction of sp³-hybridized carbons (Fsp3) is 0.136. The first-order valence-electron chi connectivity index (χ1n) is 9.61. The quantitative estimate of drug-likeness (QED) is 0.391. The van der Waals surface area contributed by atoms with E-state index in [0.29, 0.717) is 21.9 Å². The molecule has 5 aromatic rings. The van der Waals surface area contributed by atoms with E-state index in [4.69, 9.17) is 0 Å². The Hall–Kier alpha value is -3.17. The Labute approximate surface area is 189 Å². The first-order valence-corrected chi connectivity index (χ1v) is 11.2. The summed E-state index contributed by atoms with van der Waals surface area (Å²) in [7, 11) is 0. The third kappa shape index (κ3) is 3.82. The minimum atomic E-state index is -0.159. The molecule has 9 heteroatoms. The van der Waals surface area contributed by atoms with E-state index in [-0.39, 0.29) is 12.1 Å². The van der Waals surface area contributed by atoms with Crippen LogP contribution in [0.2, 0.25) is 0 Å². The van der Waals surface area contributed by atoms with Gasteiger partial charge in [-0.3, -0.25) is 4.79 Å². The summed E-state index contributed by atoms with van der Waals surface area (Å²) in [5, 5.41) is 13.3. The summed E-state index contributed by atoms with van der Waals surface area (Å²) in [6, 6.07) is 15.9. The number of nitrogens with one attached hydrogen (secondary N) is 1. The number of halogens is 1. The molecule has 0 fully saturated rings. The summed E-state index contributed by atoms with van der Waals surface area (Å²) in [5.41, 5.74) is 3.84. The van der Waals surface area contributed by atoms with Gasteiger partial charge < -0.3 is 4.98 Å². The number of aromatic nitrogens is 6. The third-order valence-corrected chi connectivity index (χ3v) is 6.50. The van der Waals surface area contributed by atoms with Gasteiger partial charge >= 0.3 is 0 Å². The number of hydrogen-bond donors (Lipinski definition) is 1. The fourth-order valence-electron chi connectivity index (χ4n) is 3.46. The maximum atomic E-state index is 13.0. The SMILES string of the molecule is Cc1ccc(-c2c(C)sc3nc(Cn4nnc(-c5ccc(Br)cc5)n4)[nH]c(=O)c23)cc1. The van der Waals surface area contributed by atoms with E-state index in [1.54, 1.807) is 0 Å². The molecule has 0 radical (unpaired) electrons. The maximum Gasteiger partial charge on any atom is 0.260 e. The van der Waals surface area contributed by atoms with Crippen molar-refractivity contribution in [3.63, 3.8) is 0 Å². The molecule has 7 nitrogen and oxygen atoms in total. The van der Waals surface area contributed by atoms with Crippen molar-refractivity contribution in [3.05, 3.63) is 79.6 Å². The number of aromatic amines is 1.